The summed E-state index contributed by atoms with van der Waals surface area (Å²) in [5.74, 6) is -0.907. The Hall–Kier alpha value is -0.830. The molecule has 0 aliphatic rings. The zero-order chi connectivity index (χ0) is 7.98. The molecule has 10 heavy (non-hydrogen) atoms. The zero-order valence-electron chi connectivity index (χ0n) is 6.24. The minimum atomic E-state index is -0.907. The highest BCUT2D eigenvalue weighted by molar-refractivity contribution is 5.79. The van der Waals surface area contributed by atoms with Crippen molar-refractivity contribution in [3.63, 3.8) is 0 Å². The lowest BCUT2D eigenvalue weighted by atomic mass is 10.3. The molecule has 0 aromatic heterocycles. The molecule has 0 rings (SSSR count). The Morgan fingerprint density at radius 1 is 1.60 bits per heavy atom. The van der Waals surface area contributed by atoms with Crippen molar-refractivity contribution in [3.8, 4) is 0 Å². The maximum atomic E-state index is 9.92. The molecule has 3 heteroatoms. The second-order valence-electron chi connectivity index (χ2n) is 2.20. The van der Waals surface area contributed by atoms with Crippen molar-refractivity contribution in [2.75, 3.05) is 20.6 Å². The van der Waals surface area contributed by atoms with E-state index in [1.165, 1.54) is 6.08 Å². The lowest BCUT2D eigenvalue weighted by Crippen LogP contribution is -2.12. The lowest BCUT2D eigenvalue weighted by Gasteiger charge is -2.04. The second-order valence-corrected chi connectivity index (χ2v) is 2.20. The molecule has 3 nitrogen and oxygen atoms in total. The van der Waals surface area contributed by atoms with Crippen LogP contribution in [0.5, 0.6) is 0 Å². The molecule has 0 amide bonds. The number of hydrogen-bond donors (Lipinski definition) is 1. The fourth-order valence-corrected chi connectivity index (χ4v) is 0.422. The van der Waals surface area contributed by atoms with Crippen LogP contribution in [0.3, 0.4) is 0 Å². The van der Waals surface area contributed by atoms with Gasteiger partial charge in [-0.25, -0.2) is 4.79 Å². The van der Waals surface area contributed by atoms with Crippen molar-refractivity contribution in [1.82, 2.24) is 4.90 Å². The predicted molar refractivity (Wildman–Crippen MR) is 39.6 cm³/mol. The van der Waals surface area contributed by atoms with E-state index in [9.17, 15) is 4.79 Å². The van der Waals surface area contributed by atoms with Crippen LogP contribution >= 0.6 is 0 Å². The molecular formula is C7H12NO2. The first-order valence-electron chi connectivity index (χ1n) is 3.00. The molecule has 0 saturated carbocycles. The van der Waals surface area contributed by atoms with Crippen LogP contribution in [0, 0.1) is 6.42 Å². The SMILES string of the molecule is CN(C)C[CH]C=CC(=O)O. The molecule has 0 atom stereocenters. The summed E-state index contributed by atoms with van der Waals surface area (Å²) in [6.07, 6.45) is 4.43. The van der Waals surface area contributed by atoms with Crippen molar-refractivity contribution in [2.45, 2.75) is 0 Å². The van der Waals surface area contributed by atoms with Gasteiger partial charge in [-0.15, -0.1) is 0 Å². The second kappa shape index (κ2) is 4.99. The molecule has 0 unspecified atom stereocenters. The Balaban J connectivity index is 3.27. The summed E-state index contributed by atoms with van der Waals surface area (Å²) < 4.78 is 0. The molecule has 0 saturated heterocycles. The summed E-state index contributed by atoms with van der Waals surface area (Å²) in [7, 11) is 3.84. The van der Waals surface area contributed by atoms with Gasteiger partial charge in [0.25, 0.3) is 0 Å². The number of nitrogens with zero attached hydrogens (tertiary/aromatic N) is 1. The number of carbonyl (C=O) groups is 1. The summed E-state index contributed by atoms with van der Waals surface area (Å²) in [4.78, 5) is 11.9. The van der Waals surface area contributed by atoms with E-state index in [1.807, 2.05) is 19.0 Å². The molecule has 0 aromatic carbocycles. The van der Waals surface area contributed by atoms with Gasteiger partial charge in [-0.1, -0.05) is 6.08 Å². The van der Waals surface area contributed by atoms with Crippen LogP contribution in [0.15, 0.2) is 12.2 Å². The van der Waals surface area contributed by atoms with Crippen molar-refractivity contribution in [1.29, 1.82) is 0 Å². The molecule has 0 spiro atoms. The van der Waals surface area contributed by atoms with Crippen LogP contribution < -0.4 is 0 Å². The topological polar surface area (TPSA) is 40.5 Å². The van der Waals surface area contributed by atoms with E-state index < -0.39 is 5.97 Å². The molecule has 1 radical (unpaired) electrons. The molecule has 57 valence electrons. The van der Waals surface area contributed by atoms with E-state index in [2.05, 4.69) is 0 Å². The third kappa shape index (κ3) is 7.17. The number of aliphatic carboxylic acids is 1. The Kier molecular flexibility index (Phi) is 4.58. The van der Waals surface area contributed by atoms with Gasteiger partial charge in [-0.05, 0) is 20.5 Å². The Morgan fingerprint density at radius 2 is 2.20 bits per heavy atom. The first kappa shape index (κ1) is 9.17. The van der Waals surface area contributed by atoms with Crippen LogP contribution in [0.25, 0.3) is 0 Å². The van der Waals surface area contributed by atoms with Gasteiger partial charge in [-0.3, -0.25) is 0 Å². The first-order valence-corrected chi connectivity index (χ1v) is 3.00. The molecule has 0 aromatic rings. The predicted octanol–water partition coefficient (Wildman–Crippen LogP) is 0.393. The number of hydrogen-bond acceptors (Lipinski definition) is 2. The summed E-state index contributed by atoms with van der Waals surface area (Å²) >= 11 is 0. The highest BCUT2D eigenvalue weighted by Crippen LogP contribution is 1.83. The Labute approximate surface area is 61.0 Å². The third-order valence-corrected chi connectivity index (χ3v) is 0.845. The largest absolute Gasteiger partial charge is 0.478 e. The Bertz CT molecular complexity index is 130. The Morgan fingerprint density at radius 3 is 2.60 bits per heavy atom. The van der Waals surface area contributed by atoms with E-state index in [-0.39, 0.29) is 0 Å². The quantitative estimate of drug-likeness (QED) is 0.577. The monoisotopic (exact) mass is 142 g/mol. The van der Waals surface area contributed by atoms with E-state index in [0.717, 1.165) is 12.6 Å². The van der Waals surface area contributed by atoms with Crippen LogP contribution in [0.4, 0.5) is 0 Å². The number of rotatable bonds is 4. The fourth-order valence-electron chi connectivity index (χ4n) is 0.422. The van der Waals surface area contributed by atoms with Crippen molar-refractivity contribution < 1.29 is 9.90 Å². The van der Waals surface area contributed by atoms with Gasteiger partial charge in [-0.2, -0.15) is 0 Å². The van der Waals surface area contributed by atoms with Crippen molar-refractivity contribution >= 4 is 5.97 Å². The lowest BCUT2D eigenvalue weighted by molar-refractivity contribution is -0.131. The minimum absolute atomic E-state index is 0.768. The van der Waals surface area contributed by atoms with Gasteiger partial charge < -0.3 is 10.0 Å². The molecule has 0 aliphatic heterocycles. The molecule has 0 aliphatic carbocycles. The summed E-state index contributed by atoms with van der Waals surface area (Å²) in [6.45, 7) is 0.768. The maximum Gasteiger partial charge on any atom is 0.327 e. The first-order chi connectivity index (χ1) is 4.63. The highest BCUT2D eigenvalue weighted by Gasteiger charge is 1.87. The summed E-state index contributed by atoms with van der Waals surface area (Å²) in [6, 6.07) is 0. The zero-order valence-corrected chi connectivity index (χ0v) is 6.24. The average molecular weight is 142 g/mol. The van der Waals surface area contributed by atoms with Gasteiger partial charge in [0.2, 0.25) is 0 Å². The average Bonchev–Trinajstić information content (AvgIpc) is 1.79. The van der Waals surface area contributed by atoms with E-state index in [4.69, 9.17) is 5.11 Å². The van der Waals surface area contributed by atoms with Gasteiger partial charge in [0, 0.05) is 12.6 Å². The molecule has 0 bridgehead atoms. The fraction of sp³-hybridized carbons (Fsp3) is 0.429. The smallest absolute Gasteiger partial charge is 0.327 e. The van der Waals surface area contributed by atoms with Crippen molar-refractivity contribution in [3.05, 3.63) is 18.6 Å². The van der Waals surface area contributed by atoms with Crippen LogP contribution in [0.2, 0.25) is 0 Å². The van der Waals surface area contributed by atoms with Crippen LogP contribution in [-0.2, 0) is 4.79 Å². The van der Waals surface area contributed by atoms with Crippen molar-refractivity contribution in [2.24, 2.45) is 0 Å². The number of carboxylic acid groups (broad SMARTS) is 1. The minimum Gasteiger partial charge on any atom is -0.478 e. The normalized spacial score (nSPS) is 11.1. The standard InChI is InChI=1S/C7H12NO2/c1-8(2)6-4-3-5-7(9)10/h3-5H,6H2,1-2H3,(H,9,10). The van der Waals surface area contributed by atoms with Crippen LogP contribution in [0.1, 0.15) is 0 Å². The third-order valence-electron chi connectivity index (χ3n) is 0.845. The molecule has 0 fully saturated rings. The summed E-state index contributed by atoms with van der Waals surface area (Å²) in [5, 5.41) is 8.16. The van der Waals surface area contributed by atoms with Gasteiger partial charge in [0.1, 0.15) is 0 Å². The van der Waals surface area contributed by atoms with Gasteiger partial charge >= 0.3 is 5.97 Å². The van der Waals surface area contributed by atoms with Crippen LogP contribution in [-0.4, -0.2) is 36.6 Å². The molecular weight excluding hydrogens is 130 g/mol. The van der Waals surface area contributed by atoms with E-state index in [0.29, 0.717) is 0 Å². The van der Waals surface area contributed by atoms with E-state index in [1.54, 1.807) is 6.42 Å². The summed E-state index contributed by atoms with van der Waals surface area (Å²) in [5.41, 5.74) is 0. The van der Waals surface area contributed by atoms with Gasteiger partial charge in [0.15, 0.2) is 0 Å². The molecule has 1 N–H and O–H groups in total. The maximum absolute atomic E-state index is 9.92. The van der Waals surface area contributed by atoms with E-state index >= 15 is 0 Å². The molecule has 0 heterocycles. The highest BCUT2D eigenvalue weighted by atomic mass is 16.4. The number of carboxylic acids is 1. The van der Waals surface area contributed by atoms with Gasteiger partial charge in [0.05, 0.1) is 0 Å².